The van der Waals surface area contributed by atoms with Gasteiger partial charge in [0.15, 0.2) is 11.6 Å². The maximum Gasteiger partial charge on any atom is 0.224 e. The average Bonchev–Trinajstić information content (AvgIpc) is 3.13. The van der Waals surface area contributed by atoms with Crippen LogP contribution in [0, 0.1) is 23.2 Å². The quantitative estimate of drug-likeness (QED) is 0.873. The number of amides is 1. The van der Waals surface area contributed by atoms with Gasteiger partial charge in [-0.2, -0.15) is 0 Å². The molecule has 26 heavy (non-hydrogen) atoms. The molecule has 3 atom stereocenters. The van der Waals surface area contributed by atoms with Crippen LogP contribution in [0.15, 0.2) is 12.5 Å². The highest BCUT2D eigenvalue weighted by Crippen LogP contribution is 2.52. The predicted molar refractivity (Wildman–Crippen MR) is 94.9 cm³/mol. The SMILES string of the molecule is COc1cncnc1N1CCCC2(CC(NC(=O)C3[C@H]4COC[C@@H]34)C2)C1. The number of anilines is 1. The smallest absolute Gasteiger partial charge is 0.224 e. The van der Waals surface area contributed by atoms with Crippen LogP contribution in [0.4, 0.5) is 5.82 Å². The molecular formula is C19H26N4O3. The Hall–Kier alpha value is -1.89. The number of rotatable bonds is 4. The summed E-state index contributed by atoms with van der Waals surface area (Å²) in [6, 6.07) is 0.331. The number of nitrogens with zero attached hydrogens (tertiary/aromatic N) is 3. The third kappa shape index (κ3) is 2.64. The lowest BCUT2D eigenvalue weighted by molar-refractivity contribution is -0.126. The highest BCUT2D eigenvalue weighted by Gasteiger charge is 2.59. The summed E-state index contributed by atoms with van der Waals surface area (Å²) >= 11 is 0. The van der Waals surface area contributed by atoms with Crippen LogP contribution in [-0.4, -0.2) is 55.3 Å². The van der Waals surface area contributed by atoms with E-state index in [0.29, 0.717) is 23.3 Å². The topological polar surface area (TPSA) is 76.6 Å². The zero-order valence-electron chi connectivity index (χ0n) is 15.2. The second-order valence-corrected chi connectivity index (χ2v) is 8.44. The number of carbonyl (C=O) groups is 1. The van der Waals surface area contributed by atoms with E-state index in [2.05, 4.69) is 20.2 Å². The Morgan fingerprint density at radius 1 is 1.38 bits per heavy atom. The number of aromatic nitrogens is 2. The lowest BCUT2D eigenvalue weighted by Crippen LogP contribution is -2.57. The summed E-state index contributed by atoms with van der Waals surface area (Å²) < 4.78 is 10.8. The zero-order chi connectivity index (χ0) is 17.7. The second-order valence-electron chi connectivity index (χ2n) is 8.44. The molecule has 2 aliphatic carbocycles. The van der Waals surface area contributed by atoms with E-state index >= 15 is 0 Å². The van der Waals surface area contributed by atoms with Crippen molar-refractivity contribution in [1.29, 1.82) is 0 Å². The number of ether oxygens (including phenoxy) is 2. The normalized spacial score (nSPS) is 37.8. The molecule has 0 bridgehead atoms. The summed E-state index contributed by atoms with van der Waals surface area (Å²) in [7, 11) is 1.66. The Kier molecular flexibility index (Phi) is 3.81. The minimum atomic E-state index is 0.216. The second kappa shape index (κ2) is 6.08. The third-order valence-corrected chi connectivity index (χ3v) is 6.80. The van der Waals surface area contributed by atoms with E-state index in [1.54, 1.807) is 19.6 Å². The van der Waals surface area contributed by atoms with Gasteiger partial charge in [0.25, 0.3) is 0 Å². The lowest BCUT2D eigenvalue weighted by Gasteiger charge is -2.53. The summed E-state index contributed by atoms with van der Waals surface area (Å²) in [5.41, 5.74) is 0.300. The molecule has 1 N–H and O–H groups in total. The fourth-order valence-electron chi connectivity index (χ4n) is 5.43. The molecule has 0 radical (unpaired) electrons. The van der Waals surface area contributed by atoms with Gasteiger partial charge < -0.3 is 19.7 Å². The van der Waals surface area contributed by atoms with Crippen molar-refractivity contribution in [2.75, 3.05) is 38.3 Å². The fourth-order valence-corrected chi connectivity index (χ4v) is 5.43. The number of piperidine rings is 1. The first-order chi connectivity index (χ1) is 12.7. The highest BCUT2D eigenvalue weighted by molar-refractivity contribution is 5.82. The van der Waals surface area contributed by atoms with Crippen LogP contribution in [0.5, 0.6) is 5.75 Å². The van der Waals surface area contributed by atoms with Crippen molar-refractivity contribution in [3.63, 3.8) is 0 Å². The molecule has 4 aliphatic rings. The number of fused-ring (bicyclic) bond motifs is 1. The Morgan fingerprint density at radius 2 is 2.19 bits per heavy atom. The molecule has 4 fully saturated rings. The first-order valence-electron chi connectivity index (χ1n) is 9.66. The highest BCUT2D eigenvalue weighted by atomic mass is 16.5. The summed E-state index contributed by atoms with van der Waals surface area (Å²) in [6.45, 7) is 3.52. The number of hydrogen-bond donors (Lipinski definition) is 1. The van der Waals surface area contributed by atoms with Crippen molar-refractivity contribution in [3.05, 3.63) is 12.5 Å². The lowest BCUT2D eigenvalue weighted by atomic mass is 9.61. The molecule has 2 saturated carbocycles. The van der Waals surface area contributed by atoms with E-state index in [-0.39, 0.29) is 11.8 Å². The van der Waals surface area contributed by atoms with Crippen LogP contribution >= 0.6 is 0 Å². The Bertz CT molecular complexity index is 696. The molecule has 3 heterocycles. The van der Waals surface area contributed by atoms with Crippen LogP contribution in [0.2, 0.25) is 0 Å². The molecule has 2 saturated heterocycles. The number of methoxy groups -OCH3 is 1. The molecule has 5 rings (SSSR count). The van der Waals surface area contributed by atoms with Crippen LogP contribution in [0.3, 0.4) is 0 Å². The molecule has 1 aromatic heterocycles. The maximum atomic E-state index is 12.5. The van der Waals surface area contributed by atoms with Crippen molar-refractivity contribution in [3.8, 4) is 5.75 Å². The van der Waals surface area contributed by atoms with Gasteiger partial charge >= 0.3 is 0 Å². The average molecular weight is 358 g/mol. The van der Waals surface area contributed by atoms with Gasteiger partial charge in [-0.3, -0.25) is 4.79 Å². The Balaban J connectivity index is 1.18. The van der Waals surface area contributed by atoms with Gasteiger partial charge in [0.05, 0.1) is 26.5 Å². The van der Waals surface area contributed by atoms with Gasteiger partial charge in [0, 0.05) is 25.0 Å². The van der Waals surface area contributed by atoms with Crippen molar-refractivity contribution in [2.45, 2.75) is 31.7 Å². The minimum absolute atomic E-state index is 0.216. The standard InChI is InChI=1S/C19H26N4O3/c1-25-15-7-20-11-21-17(15)23-4-2-3-19(10-23)5-12(6-19)22-18(24)16-13-8-26-9-14(13)16/h7,11-14,16H,2-6,8-10H2,1H3,(H,22,24)/t12?,13-,14+,16?,19?. The largest absolute Gasteiger partial charge is 0.491 e. The molecule has 1 spiro atoms. The third-order valence-electron chi connectivity index (χ3n) is 6.80. The summed E-state index contributed by atoms with van der Waals surface area (Å²) in [6.07, 6.45) is 7.83. The van der Waals surface area contributed by atoms with E-state index in [9.17, 15) is 4.79 Å². The van der Waals surface area contributed by atoms with Crippen molar-refractivity contribution in [1.82, 2.24) is 15.3 Å². The molecule has 7 heteroatoms. The minimum Gasteiger partial charge on any atom is -0.491 e. The van der Waals surface area contributed by atoms with Crippen LogP contribution in [-0.2, 0) is 9.53 Å². The summed E-state index contributed by atoms with van der Waals surface area (Å²) in [5, 5.41) is 3.29. The van der Waals surface area contributed by atoms with Gasteiger partial charge in [-0.1, -0.05) is 0 Å². The Morgan fingerprint density at radius 3 is 2.96 bits per heavy atom. The molecule has 140 valence electrons. The summed E-state index contributed by atoms with van der Waals surface area (Å²) in [5.74, 6) is 3.07. The van der Waals surface area contributed by atoms with Gasteiger partial charge in [-0.25, -0.2) is 9.97 Å². The number of carbonyl (C=O) groups excluding carboxylic acids is 1. The van der Waals surface area contributed by atoms with Gasteiger partial charge in [-0.05, 0) is 42.9 Å². The van der Waals surface area contributed by atoms with Crippen LogP contribution < -0.4 is 15.0 Å². The fraction of sp³-hybridized carbons (Fsp3) is 0.737. The summed E-state index contributed by atoms with van der Waals surface area (Å²) in [4.78, 5) is 23.3. The first kappa shape index (κ1) is 16.3. The first-order valence-corrected chi connectivity index (χ1v) is 9.66. The number of nitrogens with one attached hydrogen (secondary N) is 1. The van der Waals surface area contributed by atoms with Gasteiger partial charge in [0.1, 0.15) is 6.33 Å². The zero-order valence-corrected chi connectivity index (χ0v) is 15.2. The molecule has 7 nitrogen and oxygen atoms in total. The molecule has 1 aromatic rings. The van der Waals surface area contributed by atoms with Crippen LogP contribution in [0.25, 0.3) is 0 Å². The molecule has 0 aromatic carbocycles. The van der Waals surface area contributed by atoms with E-state index in [0.717, 1.165) is 57.1 Å². The van der Waals surface area contributed by atoms with Gasteiger partial charge in [-0.15, -0.1) is 0 Å². The van der Waals surface area contributed by atoms with E-state index < -0.39 is 0 Å². The Labute approximate surface area is 153 Å². The monoisotopic (exact) mass is 358 g/mol. The molecule has 1 unspecified atom stereocenters. The molecular weight excluding hydrogens is 332 g/mol. The maximum absolute atomic E-state index is 12.5. The van der Waals surface area contributed by atoms with Crippen LogP contribution in [0.1, 0.15) is 25.7 Å². The van der Waals surface area contributed by atoms with E-state index in [4.69, 9.17) is 9.47 Å². The van der Waals surface area contributed by atoms with Gasteiger partial charge in [0.2, 0.25) is 5.91 Å². The van der Waals surface area contributed by atoms with Crippen molar-refractivity contribution < 1.29 is 14.3 Å². The predicted octanol–water partition coefficient (Wildman–Crippen LogP) is 1.24. The number of hydrogen-bond acceptors (Lipinski definition) is 6. The van der Waals surface area contributed by atoms with E-state index in [1.165, 1.54) is 6.42 Å². The molecule has 2 aliphatic heterocycles. The van der Waals surface area contributed by atoms with Crippen molar-refractivity contribution >= 4 is 11.7 Å². The van der Waals surface area contributed by atoms with E-state index in [1.807, 2.05) is 0 Å². The van der Waals surface area contributed by atoms with Crippen molar-refractivity contribution in [2.24, 2.45) is 23.2 Å². The molecule has 1 amide bonds.